The maximum atomic E-state index is 12.4. The number of ether oxygens (including phenoxy) is 4. The molecule has 0 saturated carbocycles. The molecule has 0 radical (unpaired) electrons. The van der Waals surface area contributed by atoms with Crippen LogP contribution < -0.4 is 14.4 Å². The van der Waals surface area contributed by atoms with Gasteiger partial charge in [-0.1, -0.05) is 6.07 Å². The van der Waals surface area contributed by atoms with Crippen molar-refractivity contribution in [1.29, 1.82) is 0 Å². The highest BCUT2D eigenvalue weighted by molar-refractivity contribution is 5.96. The molecule has 172 valence electrons. The quantitative estimate of drug-likeness (QED) is 0.498. The lowest BCUT2D eigenvalue weighted by Crippen LogP contribution is -2.54. The summed E-state index contributed by atoms with van der Waals surface area (Å²) in [6.45, 7) is 2.22. The van der Waals surface area contributed by atoms with Gasteiger partial charge in [0.15, 0.2) is 6.29 Å². The standard InChI is InChI=1S/C26H28N2O5/c1-30-26(29)22-7-6-8-23(25(22)27-14-3-4-15-27)28-17-21(18-28)32-19-10-12-20(13-11-19)33-24-9-2-5-16-31-24/h3-4,6-8,10-15,21,24H,2,5,9,16-18H2,1H3. The Hall–Kier alpha value is -3.45. The molecule has 1 atom stereocenters. The molecule has 5 rings (SSSR count). The minimum absolute atomic E-state index is 0.0674. The molecule has 7 nitrogen and oxygen atoms in total. The van der Waals surface area contributed by atoms with Crippen molar-refractivity contribution in [2.24, 2.45) is 0 Å². The smallest absolute Gasteiger partial charge is 0.340 e. The number of anilines is 1. The van der Waals surface area contributed by atoms with Gasteiger partial charge >= 0.3 is 5.97 Å². The van der Waals surface area contributed by atoms with E-state index in [4.69, 9.17) is 18.9 Å². The van der Waals surface area contributed by atoms with Crippen LogP contribution in [-0.4, -0.2) is 49.7 Å². The van der Waals surface area contributed by atoms with E-state index >= 15 is 0 Å². The second kappa shape index (κ2) is 9.58. The second-order valence-electron chi connectivity index (χ2n) is 8.29. The Kier molecular flexibility index (Phi) is 6.21. The summed E-state index contributed by atoms with van der Waals surface area (Å²) >= 11 is 0. The van der Waals surface area contributed by atoms with Gasteiger partial charge in [0.05, 0.1) is 43.7 Å². The molecule has 1 aromatic heterocycles. The van der Waals surface area contributed by atoms with Crippen LogP contribution in [0.1, 0.15) is 29.6 Å². The number of benzene rings is 2. The molecule has 0 aliphatic carbocycles. The molecule has 2 saturated heterocycles. The molecule has 7 heteroatoms. The molecule has 2 aliphatic rings. The Morgan fingerprint density at radius 3 is 2.33 bits per heavy atom. The SMILES string of the molecule is COC(=O)c1cccc(N2CC(Oc3ccc(OC4CCCCO4)cc3)C2)c1-n1cccc1. The Bertz CT molecular complexity index is 1070. The predicted molar refractivity (Wildman–Crippen MR) is 124 cm³/mol. The van der Waals surface area contributed by atoms with E-state index in [1.54, 1.807) is 6.07 Å². The van der Waals surface area contributed by atoms with Crippen LogP contribution in [0, 0.1) is 0 Å². The third-order valence-corrected chi connectivity index (χ3v) is 6.00. The van der Waals surface area contributed by atoms with Crippen molar-refractivity contribution in [2.75, 3.05) is 31.7 Å². The van der Waals surface area contributed by atoms with E-state index in [2.05, 4.69) is 4.90 Å². The number of methoxy groups -OCH3 is 1. The van der Waals surface area contributed by atoms with E-state index < -0.39 is 0 Å². The molecule has 3 heterocycles. The van der Waals surface area contributed by atoms with Crippen LogP contribution in [0.2, 0.25) is 0 Å². The van der Waals surface area contributed by atoms with Crippen molar-refractivity contribution in [3.05, 3.63) is 72.6 Å². The summed E-state index contributed by atoms with van der Waals surface area (Å²) in [7, 11) is 1.40. The van der Waals surface area contributed by atoms with Crippen LogP contribution in [0.25, 0.3) is 5.69 Å². The fourth-order valence-corrected chi connectivity index (χ4v) is 4.27. The summed E-state index contributed by atoms with van der Waals surface area (Å²) in [5.74, 6) is 1.25. The van der Waals surface area contributed by atoms with Crippen molar-refractivity contribution in [1.82, 2.24) is 4.57 Å². The van der Waals surface area contributed by atoms with Crippen LogP contribution in [0.4, 0.5) is 5.69 Å². The first-order valence-corrected chi connectivity index (χ1v) is 11.4. The Labute approximate surface area is 193 Å². The van der Waals surface area contributed by atoms with Gasteiger partial charge < -0.3 is 28.4 Å². The van der Waals surface area contributed by atoms with Crippen LogP contribution >= 0.6 is 0 Å². The lowest BCUT2D eigenvalue weighted by molar-refractivity contribution is -0.105. The van der Waals surface area contributed by atoms with Crippen molar-refractivity contribution >= 4 is 11.7 Å². The molecule has 0 bridgehead atoms. The Morgan fingerprint density at radius 2 is 1.67 bits per heavy atom. The Balaban J connectivity index is 1.23. The summed E-state index contributed by atoms with van der Waals surface area (Å²) in [6, 6.07) is 17.3. The lowest BCUT2D eigenvalue weighted by atomic mass is 10.1. The molecule has 1 unspecified atom stereocenters. The van der Waals surface area contributed by atoms with Gasteiger partial charge in [0.1, 0.15) is 17.6 Å². The molecular formula is C26H28N2O5. The van der Waals surface area contributed by atoms with Crippen LogP contribution in [0.15, 0.2) is 67.0 Å². The topological polar surface area (TPSA) is 62.2 Å². The zero-order valence-corrected chi connectivity index (χ0v) is 18.7. The predicted octanol–water partition coefficient (Wildman–Crippen LogP) is 4.44. The molecule has 0 spiro atoms. The number of aromatic nitrogens is 1. The van der Waals surface area contributed by atoms with E-state index in [9.17, 15) is 4.79 Å². The van der Waals surface area contributed by atoms with Crippen molar-refractivity contribution in [3.8, 4) is 17.2 Å². The zero-order chi connectivity index (χ0) is 22.6. The highest BCUT2D eigenvalue weighted by Gasteiger charge is 2.32. The number of carbonyl (C=O) groups is 1. The number of esters is 1. The first-order valence-electron chi connectivity index (χ1n) is 11.4. The fourth-order valence-electron chi connectivity index (χ4n) is 4.27. The third kappa shape index (κ3) is 4.68. The second-order valence-corrected chi connectivity index (χ2v) is 8.29. The number of hydrogen-bond donors (Lipinski definition) is 0. The lowest BCUT2D eigenvalue weighted by Gasteiger charge is -2.41. The van der Waals surface area contributed by atoms with E-state index in [-0.39, 0.29) is 18.4 Å². The average molecular weight is 449 g/mol. The minimum Gasteiger partial charge on any atom is -0.487 e. The largest absolute Gasteiger partial charge is 0.487 e. The van der Waals surface area contributed by atoms with Gasteiger partial charge in [-0.25, -0.2) is 4.79 Å². The van der Waals surface area contributed by atoms with Crippen molar-refractivity contribution in [2.45, 2.75) is 31.7 Å². The molecule has 2 aliphatic heterocycles. The van der Waals surface area contributed by atoms with Gasteiger partial charge in [0.2, 0.25) is 0 Å². The maximum Gasteiger partial charge on any atom is 0.340 e. The number of nitrogens with zero attached hydrogens (tertiary/aromatic N) is 2. The molecule has 0 amide bonds. The van der Waals surface area contributed by atoms with Gasteiger partial charge in [0.25, 0.3) is 0 Å². The molecule has 3 aromatic rings. The number of carbonyl (C=O) groups excluding carboxylic acids is 1. The van der Waals surface area contributed by atoms with E-state index in [1.807, 2.05) is 65.5 Å². The van der Waals surface area contributed by atoms with E-state index in [0.29, 0.717) is 5.56 Å². The summed E-state index contributed by atoms with van der Waals surface area (Å²) in [5.41, 5.74) is 2.33. The average Bonchev–Trinajstić information content (AvgIpc) is 3.36. The van der Waals surface area contributed by atoms with Gasteiger partial charge in [0, 0.05) is 18.8 Å². The van der Waals surface area contributed by atoms with Crippen LogP contribution in [0.3, 0.4) is 0 Å². The van der Waals surface area contributed by atoms with Gasteiger partial charge in [-0.2, -0.15) is 0 Å². The monoisotopic (exact) mass is 448 g/mol. The van der Waals surface area contributed by atoms with Crippen LogP contribution in [-0.2, 0) is 9.47 Å². The van der Waals surface area contributed by atoms with Gasteiger partial charge in [-0.3, -0.25) is 0 Å². The van der Waals surface area contributed by atoms with Crippen molar-refractivity contribution < 1.29 is 23.7 Å². The minimum atomic E-state index is -0.352. The summed E-state index contributed by atoms with van der Waals surface area (Å²) in [5, 5.41) is 0. The normalized spacial score (nSPS) is 18.5. The first kappa shape index (κ1) is 21.4. The van der Waals surface area contributed by atoms with E-state index in [1.165, 1.54) is 7.11 Å². The third-order valence-electron chi connectivity index (χ3n) is 6.00. The van der Waals surface area contributed by atoms with Crippen molar-refractivity contribution in [3.63, 3.8) is 0 Å². The Morgan fingerprint density at radius 1 is 0.939 bits per heavy atom. The molecular weight excluding hydrogens is 420 g/mol. The molecule has 2 fully saturated rings. The van der Waals surface area contributed by atoms with Gasteiger partial charge in [-0.05, 0) is 61.4 Å². The van der Waals surface area contributed by atoms with Crippen LogP contribution in [0.5, 0.6) is 11.5 Å². The van der Waals surface area contributed by atoms with E-state index in [0.717, 1.165) is 61.8 Å². The maximum absolute atomic E-state index is 12.4. The summed E-state index contributed by atoms with van der Waals surface area (Å²) in [4.78, 5) is 14.6. The molecule has 2 aromatic carbocycles. The van der Waals surface area contributed by atoms with Gasteiger partial charge in [-0.15, -0.1) is 0 Å². The molecule has 0 N–H and O–H groups in total. The molecule has 33 heavy (non-hydrogen) atoms. The highest BCUT2D eigenvalue weighted by atomic mass is 16.7. The number of para-hydroxylation sites is 1. The zero-order valence-electron chi connectivity index (χ0n) is 18.7. The summed E-state index contributed by atoms with van der Waals surface area (Å²) < 4.78 is 24.6. The first-order chi connectivity index (χ1) is 16.2. The highest BCUT2D eigenvalue weighted by Crippen LogP contribution is 2.33. The summed E-state index contributed by atoms with van der Waals surface area (Å²) in [6.07, 6.45) is 6.95. The number of hydrogen-bond acceptors (Lipinski definition) is 6. The fraction of sp³-hybridized carbons (Fsp3) is 0.346. The number of rotatable bonds is 7.